The van der Waals surface area contributed by atoms with Gasteiger partial charge in [0.05, 0.1) is 29.5 Å². The molecule has 0 aliphatic heterocycles. The summed E-state index contributed by atoms with van der Waals surface area (Å²) in [6.07, 6.45) is 6.15. The maximum absolute atomic E-state index is 5.79. The van der Waals surface area contributed by atoms with Crippen molar-refractivity contribution in [1.29, 1.82) is 0 Å². The molecule has 4 nitrogen and oxygen atoms in total. The predicted octanol–water partition coefficient (Wildman–Crippen LogP) is 1.83. The Labute approximate surface area is 94.5 Å². The summed E-state index contributed by atoms with van der Waals surface area (Å²) in [6.45, 7) is 2.03. The van der Waals surface area contributed by atoms with Crippen LogP contribution in [0.15, 0.2) is 30.7 Å². The fraction of sp³-hybridized carbons (Fsp3) is 0.200. The number of anilines is 1. The highest BCUT2D eigenvalue weighted by Crippen LogP contribution is 2.13. The second-order valence-corrected chi connectivity index (χ2v) is 3.04. The number of pyridine rings is 1. The van der Waals surface area contributed by atoms with E-state index in [0.29, 0.717) is 0 Å². The van der Waals surface area contributed by atoms with Gasteiger partial charge in [-0.2, -0.15) is 5.10 Å². The van der Waals surface area contributed by atoms with Gasteiger partial charge in [0.1, 0.15) is 0 Å². The van der Waals surface area contributed by atoms with Crippen LogP contribution < -0.4 is 5.73 Å². The molecule has 0 aliphatic rings. The monoisotopic (exact) mass is 224 g/mol. The Balaban J connectivity index is 0.00000112. The molecule has 0 saturated heterocycles. The van der Waals surface area contributed by atoms with Gasteiger partial charge in [0, 0.05) is 6.20 Å². The Hall–Kier alpha value is -1.55. The minimum atomic E-state index is 0. The molecule has 0 saturated carbocycles. The second-order valence-electron chi connectivity index (χ2n) is 3.04. The zero-order valence-corrected chi connectivity index (χ0v) is 9.24. The van der Waals surface area contributed by atoms with Crippen molar-refractivity contribution in [3.63, 3.8) is 0 Å². The van der Waals surface area contributed by atoms with Gasteiger partial charge in [0.25, 0.3) is 0 Å². The molecule has 0 bridgehead atoms. The van der Waals surface area contributed by atoms with Gasteiger partial charge in [0.2, 0.25) is 0 Å². The normalized spacial score (nSPS) is 9.67. The van der Waals surface area contributed by atoms with Gasteiger partial charge in [-0.3, -0.25) is 4.98 Å². The molecular formula is C10H13ClN4. The molecule has 0 spiro atoms. The molecule has 0 aliphatic carbocycles. The SMILES string of the molecule is CCc1nn(-c2cccnc2)cc1N.Cl. The zero-order chi connectivity index (χ0) is 9.97. The molecule has 0 unspecified atom stereocenters. The van der Waals surface area contributed by atoms with Crippen molar-refractivity contribution in [2.45, 2.75) is 13.3 Å². The van der Waals surface area contributed by atoms with E-state index in [1.54, 1.807) is 17.1 Å². The lowest BCUT2D eigenvalue weighted by atomic mass is 10.3. The summed E-state index contributed by atoms with van der Waals surface area (Å²) in [6, 6.07) is 3.82. The highest BCUT2D eigenvalue weighted by atomic mass is 35.5. The van der Waals surface area contributed by atoms with E-state index in [1.807, 2.05) is 25.3 Å². The number of halogens is 1. The van der Waals surface area contributed by atoms with E-state index in [0.717, 1.165) is 23.5 Å². The van der Waals surface area contributed by atoms with Crippen LogP contribution in [0.2, 0.25) is 0 Å². The smallest absolute Gasteiger partial charge is 0.0855 e. The molecule has 2 aromatic rings. The van der Waals surface area contributed by atoms with Crippen LogP contribution in [0, 0.1) is 0 Å². The minimum absolute atomic E-state index is 0. The Morgan fingerprint density at radius 1 is 1.47 bits per heavy atom. The number of nitrogens with zero attached hydrogens (tertiary/aromatic N) is 3. The molecule has 0 fully saturated rings. The van der Waals surface area contributed by atoms with E-state index < -0.39 is 0 Å². The van der Waals surface area contributed by atoms with Crippen LogP contribution in [0.3, 0.4) is 0 Å². The fourth-order valence-corrected chi connectivity index (χ4v) is 1.32. The number of aryl methyl sites for hydroxylation is 1. The van der Waals surface area contributed by atoms with Crippen LogP contribution in [0.1, 0.15) is 12.6 Å². The molecule has 80 valence electrons. The molecule has 2 N–H and O–H groups in total. The van der Waals surface area contributed by atoms with E-state index in [2.05, 4.69) is 10.1 Å². The van der Waals surface area contributed by atoms with Gasteiger partial charge >= 0.3 is 0 Å². The largest absolute Gasteiger partial charge is 0.396 e. The molecule has 15 heavy (non-hydrogen) atoms. The summed E-state index contributed by atoms with van der Waals surface area (Å²) in [5.41, 5.74) is 8.37. The molecular weight excluding hydrogens is 212 g/mol. The lowest BCUT2D eigenvalue weighted by Gasteiger charge is -1.97. The molecule has 2 rings (SSSR count). The van der Waals surface area contributed by atoms with Gasteiger partial charge in [-0.1, -0.05) is 6.92 Å². The second kappa shape index (κ2) is 4.79. The molecule has 5 heteroatoms. The van der Waals surface area contributed by atoms with Gasteiger partial charge in [-0.15, -0.1) is 12.4 Å². The summed E-state index contributed by atoms with van der Waals surface area (Å²) in [7, 11) is 0. The molecule has 2 heterocycles. The molecule has 0 amide bonds. The first kappa shape index (κ1) is 11.5. The summed E-state index contributed by atoms with van der Waals surface area (Å²) < 4.78 is 1.75. The standard InChI is InChI=1S/C10H12N4.ClH/c1-2-10-9(11)7-14(13-10)8-4-3-5-12-6-8;/h3-7H,2,11H2,1H3;1H. The first-order valence-corrected chi connectivity index (χ1v) is 4.55. The number of nitrogens with two attached hydrogens (primary N) is 1. The average molecular weight is 225 g/mol. The zero-order valence-electron chi connectivity index (χ0n) is 8.42. The molecule has 0 radical (unpaired) electrons. The highest BCUT2D eigenvalue weighted by molar-refractivity contribution is 5.85. The maximum atomic E-state index is 5.79. The van der Waals surface area contributed by atoms with Crippen LogP contribution in [0.25, 0.3) is 5.69 Å². The number of hydrogen-bond acceptors (Lipinski definition) is 3. The van der Waals surface area contributed by atoms with Gasteiger partial charge < -0.3 is 5.73 Å². The third-order valence-electron chi connectivity index (χ3n) is 2.07. The van der Waals surface area contributed by atoms with Crippen molar-refractivity contribution in [3.05, 3.63) is 36.4 Å². The molecule has 0 aromatic carbocycles. The first-order chi connectivity index (χ1) is 6.81. The highest BCUT2D eigenvalue weighted by Gasteiger charge is 2.04. The van der Waals surface area contributed by atoms with E-state index in [-0.39, 0.29) is 12.4 Å². The molecule has 0 atom stereocenters. The summed E-state index contributed by atoms with van der Waals surface area (Å²) in [5.74, 6) is 0. The molecule has 2 aromatic heterocycles. The van der Waals surface area contributed by atoms with Crippen molar-refractivity contribution in [2.75, 3.05) is 5.73 Å². The topological polar surface area (TPSA) is 56.7 Å². The number of aromatic nitrogens is 3. The first-order valence-electron chi connectivity index (χ1n) is 4.55. The van der Waals surface area contributed by atoms with E-state index in [1.165, 1.54) is 0 Å². The summed E-state index contributed by atoms with van der Waals surface area (Å²) in [4.78, 5) is 4.02. The number of rotatable bonds is 2. The van der Waals surface area contributed by atoms with Crippen molar-refractivity contribution in [3.8, 4) is 5.69 Å². The van der Waals surface area contributed by atoms with E-state index >= 15 is 0 Å². The van der Waals surface area contributed by atoms with Crippen molar-refractivity contribution >= 4 is 18.1 Å². The quantitative estimate of drug-likeness (QED) is 0.847. The maximum Gasteiger partial charge on any atom is 0.0855 e. The third kappa shape index (κ3) is 2.27. The van der Waals surface area contributed by atoms with Crippen LogP contribution in [-0.2, 0) is 6.42 Å². The minimum Gasteiger partial charge on any atom is -0.396 e. The van der Waals surface area contributed by atoms with E-state index in [4.69, 9.17) is 5.73 Å². The van der Waals surface area contributed by atoms with Gasteiger partial charge in [0.15, 0.2) is 0 Å². The van der Waals surface area contributed by atoms with Gasteiger partial charge in [-0.05, 0) is 18.6 Å². The summed E-state index contributed by atoms with van der Waals surface area (Å²) in [5, 5.41) is 4.35. The number of hydrogen-bond donors (Lipinski definition) is 1. The fourth-order valence-electron chi connectivity index (χ4n) is 1.32. The Morgan fingerprint density at radius 2 is 2.27 bits per heavy atom. The predicted molar refractivity (Wildman–Crippen MR) is 62.4 cm³/mol. The van der Waals surface area contributed by atoms with Crippen LogP contribution in [0.5, 0.6) is 0 Å². The lowest BCUT2D eigenvalue weighted by molar-refractivity contribution is 0.837. The Bertz CT molecular complexity index is 424. The number of nitrogen functional groups attached to an aromatic ring is 1. The van der Waals surface area contributed by atoms with Crippen molar-refractivity contribution in [1.82, 2.24) is 14.8 Å². The van der Waals surface area contributed by atoms with Crippen LogP contribution >= 0.6 is 12.4 Å². The Morgan fingerprint density at radius 3 is 2.80 bits per heavy atom. The third-order valence-corrected chi connectivity index (χ3v) is 2.07. The van der Waals surface area contributed by atoms with Crippen molar-refractivity contribution in [2.24, 2.45) is 0 Å². The van der Waals surface area contributed by atoms with Crippen LogP contribution in [0.4, 0.5) is 5.69 Å². The summed E-state index contributed by atoms with van der Waals surface area (Å²) >= 11 is 0. The van der Waals surface area contributed by atoms with Crippen LogP contribution in [-0.4, -0.2) is 14.8 Å². The lowest BCUT2D eigenvalue weighted by Crippen LogP contribution is -1.95. The van der Waals surface area contributed by atoms with Gasteiger partial charge in [-0.25, -0.2) is 4.68 Å². The average Bonchev–Trinajstić information content (AvgIpc) is 2.61. The van der Waals surface area contributed by atoms with Crippen molar-refractivity contribution < 1.29 is 0 Å². The van der Waals surface area contributed by atoms with E-state index in [9.17, 15) is 0 Å². The Kier molecular flexibility index (Phi) is 3.68.